The molecule has 2 N–H and O–H groups in total. The molecule has 1 amide bonds. The minimum absolute atomic E-state index is 0.239. The fraction of sp³-hybridized carbons (Fsp3) is 0.133. The van der Waals surface area contributed by atoms with E-state index < -0.39 is 0 Å². The van der Waals surface area contributed by atoms with E-state index in [0.717, 1.165) is 11.3 Å². The number of nitrogens with zero attached hydrogens (tertiary/aromatic N) is 5. The van der Waals surface area contributed by atoms with Gasteiger partial charge in [-0.05, 0) is 17.3 Å². The Morgan fingerprint density at radius 1 is 1.17 bits per heavy atom. The van der Waals surface area contributed by atoms with E-state index in [-0.39, 0.29) is 5.91 Å². The molecule has 0 radical (unpaired) electrons. The minimum atomic E-state index is -0.239. The number of carbonyl (C=O) groups is 1. The van der Waals surface area contributed by atoms with Gasteiger partial charge in [-0.1, -0.05) is 30.3 Å². The van der Waals surface area contributed by atoms with E-state index in [1.165, 1.54) is 11.0 Å². The summed E-state index contributed by atoms with van der Waals surface area (Å²) in [6.45, 7) is 0.383. The molecule has 0 saturated carbocycles. The van der Waals surface area contributed by atoms with Crippen LogP contribution in [0.2, 0.25) is 0 Å². The van der Waals surface area contributed by atoms with Crippen molar-refractivity contribution in [1.82, 2.24) is 36.0 Å². The quantitative estimate of drug-likeness (QED) is 0.672. The maximum atomic E-state index is 11.6. The fourth-order valence-corrected chi connectivity index (χ4v) is 2.00. The zero-order valence-corrected chi connectivity index (χ0v) is 12.5. The average Bonchev–Trinajstić information content (AvgIpc) is 3.05. The number of amides is 1. The minimum Gasteiger partial charge on any atom is -0.288 e. The molecule has 0 atom stereocenters. The van der Waals surface area contributed by atoms with Gasteiger partial charge in [-0.2, -0.15) is 4.80 Å². The largest absolute Gasteiger partial charge is 0.288 e. The third-order valence-corrected chi connectivity index (χ3v) is 3.11. The summed E-state index contributed by atoms with van der Waals surface area (Å²) in [5.41, 5.74) is 7.18. The number of aromatic nitrogens is 5. The first kappa shape index (κ1) is 14.8. The average molecular weight is 309 g/mol. The maximum absolute atomic E-state index is 11.6. The Kier molecular flexibility index (Phi) is 4.34. The maximum Gasteiger partial charge on any atom is 0.266 e. The van der Waals surface area contributed by atoms with E-state index in [4.69, 9.17) is 0 Å². The van der Waals surface area contributed by atoms with E-state index in [0.29, 0.717) is 17.9 Å². The van der Waals surface area contributed by atoms with E-state index in [2.05, 4.69) is 31.2 Å². The molecule has 0 spiro atoms. The topological polar surface area (TPSA) is 97.6 Å². The van der Waals surface area contributed by atoms with Crippen molar-refractivity contribution in [2.45, 2.75) is 6.54 Å². The Hall–Kier alpha value is -3.13. The second kappa shape index (κ2) is 6.75. The van der Waals surface area contributed by atoms with Crippen molar-refractivity contribution in [3.63, 3.8) is 0 Å². The Morgan fingerprint density at radius 3 is 2.70 bits per heavy atom. The zero-order valence-electron chi connectivity index (χ0n) is 12.5. The van der Waals surface area contributed by atoms with Crippen LogP contribution in [0.1, 0.15) is 16.1 Å². The van der Waals surface area contributed by atoms with Crippen molar-refractivity contribution >= 4 is 5.91 Å². The van der Waals surface area contributed by atoms with Crippen LogP contribution < -0.4 is 10.9 Å². The molecular formula is C15H15N7O. The first-order valence-corrected chi connectivity index (χ1v) is 7.01. The molecule has 0 aliphatic heterocycles. The number of pyridine rings is 1. The van der Waals surface area contributed by atoms with Gasteiger partial charge < -0.3 is 0 Å². The van der Waals surface area contributed by atoms with Gasteiger partial charge in [-0.3, -0.25) is 15.2 Å². The highest BCUT2D eigenvalue weighted by atomic mass is 16.2. The standard InChI is InChI=1S/C15H15N7O/c1-16-19-15(23)12-7-8-13(17-9-12)10-22-20-14(18-21-22)11-5-3-2-4-6-11/h2-9,16H,10H2,1H3,(H,19,23). The molecule has 2 aromatic heterocycles. The lowest BCUT2D eigenvalue weighted by Gasteiger charge is -2.03. The van der Waals surface area contributed by atoms with Crippen LogP contribution in [0, 0.1) is 0 Å². The van der Waals surface area contributed by atoms with Crippen LogP contribution in [0.25, 0.3) is 11.4 Å². The number of nitrogens with one attached hydrogen (secondary N) is 2. The Balaban J connectivity index is 1.70. The summed E-state index contributed by atoms with van der Waals surface area (Å²) in [4.78, 5) is 17.3. The molecule has 0 bridgehead atoms. The first-order chi connectivity index (χ1) is 11.3. The molecule has 0 fully saturated rings. The Bertz CT molecular complexity index is 783. The van der Waals surface area contributed by atoms with E-state index in [9.17, 15) is 4.79 Å². The lowest BCUT2D eigenvalue weighted by molar-refractivity contribution is 0.0937. The second-order valence-corrected chi connectivity index (χ2v) is 4.75. The molecule has 8 nitrogen and oxygen atoms in total. The van der Waals surface area contributed by atoms with Gasteiger partial charge in [0.1, 0.15) is 6.54 Å². The van der Waals surface area contributed by atoms with E-state index >= 15 is 0 Å². The summed E-state index contributed by atoms with van der Waals surface area (Å²) in [5.74, 6) is 0.326. The van der Waals surface area contributed by atoms with Crippen molar-refractivity contribution in [3.8, 4) is 11.4 Å². The summed E-state index contributed by atoms with van der Waals surface area (Å²) in [7, 11) is 1.63. The fourth-order valence-electron chi connectivity index (χ4n) is 2.00. The molecule has 1 aromatic carbocycles. The highest BCUT2D eigenvalue weighted by Crippen LogP contribution is 2.12. The molecule has 0 aliphatic rings. The van der Waals surface area contributed by atoms with Gasteiger partial charge in [-0.25, -0.2) is 5.43 Å². The number of hydrogen-bond donors (Lipinski definition) is 2. The molecule has 8 heteroatoms. The number of tetrazole rings is 1. The van der Waals surface area contributed by atoms with Gasteiger partial charge in [0.25, 0.3) is 5.91 Å². The molecule has 2 heterocycles. The van der Waals surface area contributed by atoms with Crippen molar-refractivity contribution in [2.75, 3.05) is 7.05 Å². The molecule has 23 heavy (non-hydrogen) atoms. The molecule has 0 aliphatic carbocycles. The van der Waals surface area contributed by atoms with Gasteiger partial charge >= 0.3 is 0 Å². The highest BCUT2D eigenvalue weighted by Gasteiger charge is 2.08. The van der Waals surface area contributed by atoms with Crippen molar-refractivity contribution in [3.05, 3.63) is 59.9 Å². The van der Waals surface area contributed by atoms with Gasteiger partial charge in [0.2, 0.25) is 5.82 Å². The van der Waals surface area contributed by atoms with Crippen LogP contribution in [-0.2, 0) is 6.54 Å². The number of hydrazine groups is 1. The molecule has 116 valence electrons. The van der Waals surface area contributed by atoms with Gasteiger partial charge in [0.05, 0.1) is 11.3 Å². The third kappa shape index (κ3) is 3.55. The third-order valence-electron chi connectivity index (χ3n) is 3.11. The van der Waals surface area contributed by atoms with Crippen molar-refractivity contribution in [2.24, 2.45) is 0 Å². The van der Waals surface area contributed by atoms with Crippen LogP contribution in [-0.4, -0.2) is 38.1 Å². The van der Waals surface area contributed by atoms with Gasteiger partial charge in [0.15, 0.2) is 0 Å². The SMILES string of the molecule is CNNC(=O)c1ccc(Cn2nnc(-c3ccccc3)n2)nc1. The first-order valence-electron chi connectivity index (χ1n) is 7.01. The molecule has 3 rings (SSSR count). The van der Waals surface area contributed by atoms with Gasteiger partial charge in [-0.15, -0.1) is 10.2 Å². The molecule has 0 unspecified atom stereocenters. The Labute approximate surface area is 132 Å². The summed E-state index contributed by atoms with van der Waals surface area (Å²) in [6.07, 6.45) is 1.51. The van der Waals surface area contributed by atoms with Crippen LogP contribution in [0.5, 0.6) is 0 Å². The van der Waals surface area contributed by atoms with Crippen molar-refractivity contribution in [1.29, 1.82) is 0 Å². The summed E-state index contributed by atoms with van der Waals surface area (Å²) in [5, 5.41) is 12.4. The van der Waals surface area contributed by atoms with Gasteiger partial charge in [0, 0.05) is 18.8 Å². The molecule has 0 saturated heterocycles. The Morgan fingerprint density at radius 2 is 2.00 bits per heavy atom. The second-order valence-electron chi connectivity index (χ2n) is 4.75. The van der Waals surface area contributed by atoms with Crippen LogP contribution in [0.4, 0.5) is 0 Å². The summed E-state index contributed by atoms with van der Waals surface area (Å²) >= 11 is 0. The molecular weight excluding hydrogens is 294 g/mol. The monoisotopic (exact) mass is 309 g/mol. The van der Waals surface area contributed by atoms with Crippen LogP contribution in [0.15, 0.2) is 48.7 Å². The van der Waals surface area contributed by atoms with E-state index in [1.54, 1.807) is 19.2 Å². The summed E-state index contributed by atoms with van der Waals surface area (Å²) in [6, 6.07) is 13.1. The van der Waals surface area contributed by atoms with Crippen LogP contribution in [0.3, 0.4) is 0 Å². The predicted molar refractivity (Wildman–Crippen MR) is 83.1 cm³/mol. The smallest absolute Gasteiger partial charge is 0.266 e. The lowest BCUT2D eigenvalue weighted by Crippen LogP contribution is -2.34. The van der Waals surface area contributed by atoms with Crippen LogP contribution >= 0.6 is 0 Å². The molecule has 3 aromatic rings. The highest BCUT2D eigenvalue weighted by molar-refractivity contribution is 5.93. The van der Waals surface area contributed by atoms with Crippen molar-refractivity contribution < 1.29 is 4.79 Å². The summed E-state index contributed by atoms with van der Waals surface area (Å²) < 4.78 is 0. The normalized spacial score (nSPS) is 10.5. The number of benzene rings is 1. The lowest BCUT2D eigenvalue weighted by atomic mass is 10.2. The number of rotatable bonds is 5. The predicted octanol–water partition coefficient (Wildman–Crippen LogP) is 0.648. The zero-order chi connectivity index (χ0) is 16.1. The van der Waals surface area contributed by atoms with E-state index in [1.807, 2.05) is 30.3 Å². The number of carbonyl (C=O) groups excluding carboxylic acids is 1. The number of hydrogen-bond acceptors (Lipinski definition) is 6.